The zero-order chi connectivity index (χ0) is 12.1. The summed E-state index contributed by atoms with van der Waals surface area (Å²) in [6.07, 6.45) is 2.49. The summed E-state index contributed by atoms with van der Waals surface area (Å²) in [7, 11) is 0. The Labute approximate surface area is 104 Å². The molecule has 3 N–H and O–H groups in total. The van der Waals surface area contributed by atoms with Crippen LogP contribution in [-0.2, 0) is 11.2 Å². The van der Waals surface area contributed by atoms with Gasteiger partial charge in [0.2, 0.25) is 0 Å². The highest BCUT2D eigenvalue weighted by molar-refractivity contribution is 7.09. The Bertz CT molecular complexity index is 375. The van der Waals surface area contributed by atoms with Crippen LogP contribution in [0.1, 0.15) is 28.3 Å². The number of ether oxygens (including phenoxy) is 1. The minimum Gasteiger partial charge on any atom is -0.381 e. The van der Waals surface area contributed by atoms with Gasteiger partial charge in [0.1, 0.15) is 5.69 Å². The fourth-order valence-corrected chi connectivity index (χ4v) is 2.55. The summed E-state index contributed by atoms with van der Waals surface area (Å²) in [6.45, 7) is 2.01. The Morgan fingerprint density at radius 2 is 2.35 bits per heavy atom. The fourth-order valence-electron chi connectivity index (χ4n) is 1.75. The molecule has 0 unspecified atom stereocenters. The number of nitrogens with zero attached hydrogens (tertiary/aromatic N) is 1. The molecule has 1 aromatic heterocycles. The van der Waals surface area contributed by atoms with E-state index >= 15 is 0 Å². The normalized spacial score (nSPS) is 17.0. The van der Waals surface area contributed by atoms with Crippen molar-refractivity contribution in [2.24, 2.45) is 5.73 Å². The second-order valence-electron chi connectivity index (χ2n) is 4.03. The van der Waals surface area contributed by atoms with Crippen molar-refractivity contribution in [3.63, 3.8) is 0 Å². The minimum absolute atomic E-state index is 0.0866. The van der Waals surface area contributed by atoms with E-state index in [1.165, 1.54) is 11.3 Å². The molecule has 1 aliphatic rings. The maximum absolute atomic E-state index is 11.9. The van der Waals surface area contributed by atoms with Crippen LogP contribution >= 0.6 is 11.3 Å². The molecule has 0 aliphatic carbocycles. The van der Waals surface area contributed by atoms with Gasteiger partial charge in [-0.3, -0.25) is 4.79 Å². The van der Waals surface area contributed by atoms with Crippen LogP contribution < -0.4 is 11.1 Å². The second kappa shape index (κ2) is 6.09. The highest BCUT2D eigenvalue weighted by Gasteiger charge is 2.18. The summed E-state index contributed by atoms with van der Waals surface area (Å²) in [4.78, 5) is 16.2. The summed E-state index contributed by atoms with van der Waals surface area (Å²) in [5.41, 5.74) is 5.95. The quantitative estimate of drug-likeness (QED) is 0.824. The maximum atomic E-state index is 11.9. The van der Waals surface area contributed by atoms with E-state index in [4.69, 9.17) is 10.5 Å². The summed E-state index contributed by atoms with van der Waals surface area (Å²) in [5, 5.41) is 5.70. The first-order chi connectivity index (χ1) is 8.29. The van der Waals surface area contributed by atoms with Crippen LogP contribution in [0.2, 0.25) is 0 Å². The van der Waals surface area contributed by atoms with E-state index in [2.05, 4.69) is 10.3 Å². The third-order valence-electron chi connectivity index (χ3n) is 2.70. The first-order valence-electron chi connectivity index (χ1n) is 5.82. The number of nitrogens with two attached hydrogens (primary N) is 1. The van der Waals surface area contributed by atoms with Crippen LogP contribution in [0.4, 0.5) is 0 Å². The van der Waals surface area contributed by atoms with Crippen LogP contribution in [0, 0.1) is 0 Å². The van der Waals surface area contributed by atoms with E-state index in [-0.39, 0.29) is 11.9 Å². The van der Waals surface area contributed by atoms with Crippen LogP contribution in [0.3, 0.4) is 0 Å². The van der Waals surface area contributed by atoms with Crippen LogP contribution in [0.5, 0.6) is 0 Å². The molecule has 1 aliphatic heterocycles. The van der Waals surface area contributed by atoms with E-state index in [1.54, 1.807) is 5.38 Å². The van der Waals surface area contributed by atoms with Crippen molar-refractivity contribution < 1.29 is 9.53 Å². The Kier molecular flexibility index (Phi) is 4.47. The van der Waals surface area contributed by atoms with Crippen LogP contribution in [0.15, 0.2) is 5.38 Å². The average Bonchev–Trinajstić information content (AvgIpc) is 2.79. The largest absolute Gasteiger partial charge is 0.381 e. The summed E-state index contributed by atoms with van der Waals surface area (Å²) < 4.78 is 5.24. The van der Waals surface area contributed by atoms with Crippen molar-refractivity contribution in [2.45, 2.75) is 25.3 Å². The number of rotatable bonds is 4. The lowest BCUT2D eigenvalue weighted by atomic mass is 10.1. The van der Waals surface area contributed by atoms with Gasteiger partial charge in [-0.2, -0.15) is 0 Å². The smallest absolute Gasteiger partial charge is 0.270 e. The molecule has 1 saturated heterocycles. The molecular weight excluding hydrogens is 238 g/mol. The van der Waals surface area contributed by atoms with E-state index in [0.29, 0.717) is 12.2 Å². The lowest BCUT2D eigenvalue weighted by Crippen LogP contribution is -2.39. The first kappa shape index (κ1) is 12.5. The molecule has 1 aromatic rings. The number of aromatic nitrogens is 1. The van der Waals surface area contributed by atoms with Gasteiger partial charge in [0.25, 0.3) is 5.91 Å². The Morgan fingerprint density at radius 3 is 3.06 bits per heavy atom. The summed E-state index contributed by atoms with van der Waals surface area (Å²) in [5.74, 6) is -0.0866. The van der Waals surface area contributed by atoms with Crippen LogP contribution in [-0.4, -0.2) is 36.7 Å². The summed E-state index contributed by atoms with van der Waals surface area (Å²) in [6, 6.07) is 0.218. The molecule has 2 rings (SSSR count). The lowest BCUT2D eigenvalue weighted by Gasteiger charge is -2.22. The van der Waals surface area contributed by atoms with Gasteiger partial charge in [0.15, 0.2) is 0 Å². The first-order valence-corrected chi connectivity index (χ1v) is 6.70. The zero-order valence-electron chi connectivity index (χ0n) is 9.65. The van der Waals surface area contributed by atoms with Crippen molar-refractivity contribution in [3.8, 4) is 0 Å². The molecule has 17 heavy (non-hydrogen) atoms. The molecule has 0 spiro atoms. The third-order valence-corrected chi connectivity index (χ3v) is 3.61. The van der Waals surface area contributed by atoms with E-state index in [1.807, 2.05) is 0 Å². The number of thiazole rings is 1. The van der Waals surface area contributed by atoms with Gasteiger partial charge in [0, 0.05) is 31.1 Å². The number of carbonyl (C=O) groups is 1. The molecule has 2 heterocycles. The van der Waals surface area contributed by atoms with Gasteiger partial charge in [-0.05, 0) is 19.4 Å². The van der Waals surface area contributed by atoms with Crippen LogP contribution in [0.25, 0.3) is 0 Å². The van der Waals surface area contributed by atoms with E-state index in [9.17, 15) is 4.79 Å². The van der Waals surface area contributed by atoms with Crippen molar-refractivity contribution in [3.05, 3.63) is 16.1 Å². The van der Waals surface area contributed by atoms with Gasteiger partial charge in [-0.1, -0.05) is 0 Å². The van der Waals surface area contributed by atoms with Crippen molar-refractivity contribution in [1.82, 2.24) is 10.3 Å². The molecular formula is C11H17N3O2S. The van der Waals surface area contributed by atoms with Gasteiger partial charge in [-0.25, -0.2) is 4.98 Å². The number of hydrogen-bond donors (Lipinski definition) is 2. The highest BCUT2D eigenvalue weighted by Crippen LogP contribution is 2.12. The Hall–Kier alpha value is -0.980. The average molecular weight is 255 g/mol. The van der Waals surface area contributed by atoms with Crippen molar-refractivity contribution >= 4 is 17.2 Å². The zero-order valence-corrected chi connectivity index (χ0v) is 10.5. The Balaban J connectivity index is 1.89. The van der Waals surface area contributed by atoms with Gasteiger partial charge >= 0.3 is 0 Å². The molecule has 1 amide bonds. The van der Waals surface area contributed by atoms with Gasteiger partial charge < -0.3 is 15.8 Å². The molecule has 0 saturated carbocycles. The molecule has 94 valence electrons. The fraction of sp³-hybridized carbons (Fsp3) is 0.636. The van der Waals surface area contributed by atoms with E-state index < -0.39 is 0 Å². The molecule has 6 heteroatoms. The SMILES string of the molecule is NCCc1nc(C(=O)NC2CCOCC2)cs1. The van der Waals surface area contributed by atoms with Gasteiger partial charge in [-0.15, -0.1) is 11.3 Å². The highest BCUT2D eigenvalue weighted by atomic mass is 32.1. The third kappa shape index (κ3) is 3.49. The number of nitrogens with one attached hydrogen (secondary N) is 1. The minimum atomic E-state index is -0.0866. The second-order valence-corrected chi connectivity index (χ2v) is 4.97. The summed E-state index contributed by atoms with van der Waals surface area (Å²) >= 11 is 1.49. The molecule has 0 aromatic carbocycles. The van der Waals surface area contributed by atoms with Crippen molar-refractivity contribution in [1.29, 1.82) is 0 Å². The number of carbonyl (C=O) groups excluding carboxylic acids is 1. The Morgan fingerprint density at radius 1 is 1.59 bits per heavy atom. The number of hydrogen-bond acceptors (Lipinski definition) is 5. The molecule has 5 nitrogen and oxygen atoms in total. The van der Waals surface area contributed by atoms with Crippen molar-refractivity contribution in [2.75, 3.05) is 19.8 Å². The molecule has 0 atom stereocenters. The van der Waals surface area contributed by atoms with Gasteiger partial charge in [0.05, 0.1) is 5.01 Å². The lowest BCUT2D eigenvalue weighted by molar-refractivity contribution is 0.0694. The predicted octanol–water partition coefficient (Wildman–Crippen LogP) is 0.553. The predicted molar refractivity (Wildman–Crippen MR) is 66.2 cm³/mol. The molecule has 1 fully saturated rings. The molecule has 0 bridgehead atoms. The molecule has 0 radical (unpaired) electrons. The van der Waals surface area contributed by atoms with E-state index in [0.717, 1.165) is 37.5 Å². The number of amides is 1. The topological polar surface area (TPSA) is 77.2 Å². The maximum Gasteiger partial charge on any atom is 0.270 e. The standard InChI is InChI=1S/C11H17N3O2S/c12-4-1-10-14-9(7-17-10)11(15)13-8-2-5-16-6-3-8/h7-8H,1-6,12H2,(H,13,15). The monoisotopic (exact) mass is 255 g/mol.